The predicted molar refractivity (Wildman–Crippen MR) is 119 cm³/mol. The molecule has 0 bridgehead atoms. The number of hydrogen-bond acceptors (Lipinski definition) is 5. The molecule has 0 aliphatic rings. The van der Waals surface area contributed by atoms with E-state index in [1.807, 2.05) is 29.6 Å². The van der Waals surface area contributed by atoms with Crippen LogP contribution < -0.4 is 10.1 Å². The fourth-order valence-electron chi connectivity index (χ4n) is 2.74. The molecule has 0 saturated carbocycles. The maximum absolute atomic E-state index is 12.2. The van der Waals surface area contributed by atoms with Crippen molar-refractivity contribution in [3.8, 4) is 17.0 Å². The first-order valence-electron chi connectivity index (χ1n) is 9.15. The summed E-state index contributed by atoms with van der Waals surface area (Å²) in [6.07, 6.45) is 1.30. The zero-order valence-corrected chi connectivity index (χ0v) is 18.0. The van der Waals surface area contributed by atoms with Crippen LogP contribution in [-0.4, -0.2) is 23.8 Å². The van der Waals surface area contributed by atoms with E-state index in [-0.39, 0.29) is 5.91 Å². The summed E-state index contributed by atoms with van der Waals surface area (Å²) >= 11 is 3.21. The lowest BCUT2D eigenvalue weighted by molar-refractivity contribution is -0.116. The Balaban J connectivity index is 1.46. The van der Waals surface area contributed by atoms with Gasteiger partial charge < -0.3 is 10.1 Å². The van der Waals surface area contributed by atoms with Gasteiger partial charge in [-0.1, -0.05) is 17.7 Å². The highest BCUT2D eigenvalue weighted by Crippen LogP contribution is 2.28. The van der Waals surface area contributed by atoms with E-state index < -0.39 is 0 Å². The lowest BCUT2D eigenvalue weighted by Gasteiger charge is -2.05. The Labute approximate surface area is 174 Å². The van der Waals surface area contributed by atoms with E-state index in [4.69, 9.17) is 4.74 Å². The normalized spacial score (nSPS) is 10.7. The van der Waals surface area contributed by atoms with Crippen molar-refractivity contribution >= 4 is 34.1 Å². The summed E-state index contributed by atoms with van der Waals surface area (Å²) in [5, 5.41) is 5.58. The number of nitrogens with one attached hydrogen (secondary N) is 1. The molecule has 0 radical (unpaired) electrons. The molecule has 146 valence electrons. The Morgan fingerprint density at radius 3 is 2.71 bits per heavy atom. The number of nitrogens with zero attached hydrogens (tertiary/aromatic N) is 1. The number of ether oxygens (including phenoxy) is 1. The fraction of sp³-hybridized carbons (Fsp3) is 0.273. The number of methoxy groups -OCH3 is 1. The number of hydrogen-bond donors (Lipinski definition) is 1. The summed E-state index contributed by atoms with van der Waals surface area (Å²) < 4.78 is 5.16. The van der Waals surface area contributed by atoms with Crippen LogP contribution in [0.5, 0.6) is 5.75 Å². The zero-order valence-electron chi connectivity index (χ0n) is 16.3. The largest absolute Gasteiger partial charge is 0.497 e. The fourth-order valence-corrected chi connectivity index (χ4v) is 4.32. The Hall–Kier alpha value is -2.31. The quantitative estimate of drug-likeness (QED) is 0.367. The summed E-state index contributed by atoms with van der Waals surface area (Å²) in [7, 11) is 1.66. The van der Waals surface area contributed by atoms with Crippen molar-refractivity contribution in [2.24, 2.45) is 0 Å². The number of thioether (sulfide) groups is 1. The minimum absolute atomic E-state index is 0.0113. The number of rotatable bonds is 8. The van der Waals surface area contributed by atoms with Gasteiger partial charge in [-0.2, -0.15) is 0 Å². The lowest BCUT2D eigenvalue weighted by atomic mass is 10.0. The van der Waals surface area contributed by atoms with E-state index in [9.17, 15) is 4.79 Å². The highest BCUT2D eigenvalue weighted by molar-refractivity contribution is 7.99. The maximum Gasteiger partial charge on any atom is 0.226 e. The van der Waals surface area contributed by atoms with Gasteiger partial charge in [0.05, 0.1) is 12.8 Å². The van der Waals surface area contributed by atoms with Gasteiger partial charge in [0, 0.05) is 22.3 Å². The number of amides is 1. The van der Waals surface area contributed by atoms with Gasteiger partial charge in [-0.05, 0) is 61.9 Å². The second-order valence-electron chi connectivity index (χ2n) is 6.53. The molecule has 0 aliphatic carbocycles. The highest BCUT2D eigenvalue weighted by Gasteiger charge is 2.10. The molecular formula is C22H24N2O2S2. The number of aromatic nitrogens is 1. The molecule has 0 aliphatic heterocycles. The molecule has 0 fully saturated rings. The number of anilines is 1. The lowest BCUT2D eigenvalue weighted by Crippen LogP contribution is -2.11. The first-order chi connectivity index (χ1) is 13.5. The Kier molecular flexibility index (Phi) is 7.12. The molecule has 4 nitrogen and oxygen atoms in total. The SMILES string of the molecule is COc1ccc(SCCCC(=O)Nc2nc(-c3cc(C)ccc3C)cs2)cc1. The Morgan fingerprint density at radius 1 is 1.18 bits per heavy atom. The third kappa shape index (κ3) is 5.59. The first-order valence-corrected chi connectivity index (χ1v) is 11.0. The van der Waals surface area contributed by atoms with Crippen molar-refractivity contribution in [1.29, 1.82) is 0 Å². The van der Waals surface area contributed by atoms with Gasteiger partial charge in [0.2, 0.25) is 5.91 Å². The van der Waals surface area contributed by atoms with E-state index >= 15 is 0 Å². The van der Waals surface area contributed by atoms with Crippen molar-refractivity contribution in [2.75, 3.05) is 18.2 Å². The number of thiazole rings is 1. The van der Waals surface area contributed by atoms with Gasteiger partial charge >= 0.3 is 0 Å². The Bertz CT molecular complexity index is 936. The number of carbonyl (C=O) groups excluding carboxylic acids is 1. The zero-order chi connectivity index (χ0) is 19.9. The maximum atomic E-state index is 12.2. The predicted octanol–water partition coefficient (Wildman–Crippen LogP) is 5.95. The van der Waals surface area contributed by atoms with E-state index in [2.05, 4.69) is 42.3 Å². The summed E-state index contributed by atoms with van der Waals surface area (Å²) in [6, 6.07) is 14.3. The third-order valence-electron chi connectivity index (χ3n) is 4.30. The first kappa shape index (κ1) is 20.4. The van der Waals surface area contributed by atoms with Crippen molar-refractivity contribution in [3.63, 3.8) is 0 Å². The summed E-state index contributed by atoms with van der Waals surface area (Å²) in [4.78, 5) is 18.0. The van der Waals surface area contributed by atoms with Crippen LogP contribution in [0, 0.1) is 13.8 Å². The molecule has 3 aromatic rings. The van der Waals surface area contributed by atoms with E-state index in [0.717, 1.165) is 29.2 Å². The van der Waals surface area contributed by atoms with Gasteiger partial charge in [-0.25, -0.2) is 4.98 Å². The minimum Gasteiger partial charge on any atom is -0.497 e. The smallest absolute Gasteiger partial charge is 0.226 e. The van der Waals surface area contributed by atoms with Crippen molar-refractivity contribution in [3.05, 3.63) is 59.0 Å². The number of aryl methyl sites for hydroxylation is 2. The molecule has 0 spiro atoms. The van der Waals surface area contributed by atoms with Crippen LogP contribution in [0.25, 0.3) is 11.3 Å². The molecule has 1 amide bonds. The van der Waals surface area contributed by atoms with Crippen LogP contribution >= 0.6 is 23.1 Å². The van der Waals surface area contributed by atoms with Crippen molar-refractivity contribution in [2.45, 2.75) is 31.6 Å². The molecular weight excluding hydrogens is 388 g/mol. The molecule has 6 heteroatoms. The molecule has 0 atom stereocenters. The average molecular weight is 413 g/mol. The van der Waals surface area contributed by atoms with E-state index in [0.29, 0.717) is 11.6 Å². The third-order valence-corrected chi connectivity index (χ3v) is 6.15. The van der Waals surface area contributed by atoms with Gasteiger partial charge in [0.1, 0.15) is 5.75 Å². The summed E-state index contributed by atoms with van der Waals surface area (Å²) in [6.45, 7) is 4.15. The standard InChI is InChI=1S/C22H24N2O2S2/c1-15-6-7-16(2)19(13-15)20-14-28-22(23-20)24-21(25)5-4-12-27-18-10-8-17(26-3)9-11-18/h6-11,13-14H,4-5,12H2,1-3H3,(H,23,24,25). The van der Waals surface area contributed by atoms with Gasteiger partial charge in [0.25, 0.3) is 0 Å². The molecule has 3 rings (SSSR count). The second kappa shape index (κ2) is 9.75. The van der Waals surface area contributed by atoms with Crippen LogP contribution in [0.4, 0.5) is 5.13 Å². The van der Waals surface area contributed by atoms with Crippen LogP contribution in [0.15, 0.2) is 52.7 Å². The monoisotopic (exact) mass is 412 g/mol. The van der Waals surface area contributed by atoms with Gasteiger partial charge in [-0.15, -0.1) is 23.1 Å². The molecule has 1 N–H and O–H groups in total. The topological polar surface area (TPSA) is 51.2 Å². The van der Waals surface area contributed by atoms with Crippen LogP contribution in [0.2, 0.25) is 0 Å². The second-order valence-corrected chi connectivity index (χ2v) is 8.56. The summed E-state index contributed by atoms with van der Waals surface area (Å²) in [5.41, 5.74) is 4.42. The van der Waals surface area contributed by atoms with Crippen LogP contribution in [-0.2, 0) is 4.79 Å². The highest BCUT2D eigenvalue weighted by atomic mass is 32.2. The van der Waals surface area contributed by atoms with Gasteiger partial charge in [-0.3, -0.25) is 4.79 Å². The van der Waals surface area contributed by atoms with E-state index in [1.165, 1.54) is 27.4 Å². The number of benzene rings is 2. The minimum atomic E-state index is 0.0113. The summed E-state index contributed by atoms with van der Waals surface area (Å²) in [5.74, 6) is 1.76. The number of carbonyl (C=O) groups is 1. The Morgan fingerprint density at radius 2 is 1.96 bits per heavy atom. The average Bonchev–Trinajstić information content (AvgIpc) is 3.15. The molecule has 28 heavy (non-hydrogen) atoms. The van der Waals surface area contributed by atoms with Crippen molar-refractivity contribution in [1.82, 2.24) is 4.98 Å². The van der Waals surface area contributed by atoms with Crippen LogP contribution in [0.3, 0.4) is 0 Å². The molecule has 0 unspecified atom stereocenters. The molecule has 2 aromatic carbocycles. The van der Waals surface area contributed by atoms with Crippen LogP contribution in [0.1, 0.15) is 24.0 Å². The molecule has 0 saturated heterocycles. The van der Waals surface area contributed by atoms with Gasteiger partial charge in [0.15, 0.2) is 5.13 Å². The van der Waals surface area contributed by atoms with Crippen molar-refractivity contribution < 1.29 is 9.53 Å². The molecule has 1 heterocycles. The molecule has 1 aromatic heterocycles. The van der Waals surface area contributed by atoms with E-state index in [1.54, 1.807) is 18.9 Å².